The van der Waals surface area contributed by atoms with Gasteiger partial charge in [-0.3, -0.25) is 52.7 Å². The fraction of sp³-hybridized carbons (Fsp3) is 0.521. The Labute approximate surface area is 430 Å². The second kappa shape index (κ2) is 28.4. The minimum Gasteiger partial charge on any atom is -0.508 e. The van der Waals surface area contributed by atoms with Crippen molar-refractivity contribution >= 4 is 86.6 Å². The van der Waals surface area contributed by atoms with E-state index in [-0.39, 0.29) is 55.4 Å². The van der Waals surface area contributed by atoms with Crippen molar-refractivity contribution < 1.29 is 57.8 Å². The Bertz CT molecular complexity index is 2360. The molecule has 0 radical (unpaired) electrons. The molecule has 2 aliphatic rings. The lowest BCUT2D eigenvalue weighted by molar-refractivity contribution is -0.145. The van der Waals surface area contributed by atoms with E-state index in [9.17, 15) is 53.1 Å². The normalized spacial score (nSPS) is 22.4. The van der Waals surface area contributed by atoms with Crippen molar-refractivity contribution in [3.05, 3.63) is 65.2 Å². The van der Waals surface area contributed by atoms with Crippen molar-refractivity contribution in [1.82, 2.24) is 42.1 Å². The van der Waals surface area contributed by atoms with Crippen LogP contribution in [0.5, 0.6) is 5.75 Å². The zero-order chi connectivity index (χ0) is 53.9. The molecule has 2 aromatic carbocycles. The Kier molecular flexibility index (Phi) is 22.8. The van der Waals surface area contributed by atoms with Gasteiger partial charge in [-0.05, 0) is 53.5 Å². The van der Waals surface area contributed by atoms with Crippen LogP contribution in [0.15, 0.2) is 48.5 Å². The summed E-state index contributed by atoms with van der Waals surface area (Å²) in [7, 11) is 2.22. The first-order valence-corrected chi connectivity index (χ1v) is 26.4. The van der Waals surface area contributed by atoms with E-state index in [1.54, 1.807) is 50.2 Å². The third-order valence-corrected chi connectivity index (χ3v) is 14.5. The molecule has 0 saturated carbocycles. The summed E-state index contributed by atoms with van der Waals surface area (Å²) in [5.41, 5.74) is 18.2. The van der Waals surface area contributed by atoms with Crippen LogP contribution in [0.4, 0.5) is 0 Å². The monoisotopic (exact) mass is 1050 g/mol. The van der Waals surface area contributed by atoms with Gasteiger partial charge in [0.2, 0.25) is 65.0 Å². The van der Waals surface area contributed by atoms with Gasteiger partial charge in [-0.1, -0.05) is 92.1 Å². The summed E-state index contributed by atoms with van der Waals surface area (Å²) in [6.45, 7) is 6.47. The quantitative estimate of drug-likeness (QED) is 0.0797. The predicted molar refractivity (Wildman–Crippen MR) is 271 cm³/mol. The van der Waals surface area contributed by atoms with Crippen LogP contribution < -0.4 is 54.4 Å². The van der Waals surface area contributed by atoms with E-state index in [1.807, 2.05) is 13.8 Å². The van der Waals surface area contributed by atoms with Crippen LogP contribution in [0.2, 0.25) is 0 Å². The molecule has 25 heteroatoms. The van der Waals surface area contributed by atoms with Crippen molar-refractivity contribution in [3.63, 3.8) is 0 Å². The molecular weight excluding hydrogens is 987 g/mol. The number of primary amides is 3. The van der Waals surface area contributed by atoms with E-state index >= 15 is 4.79 Å². The van der Waals surface area contributed by atoms with Crippen LogP contribution in [0.1, 0.15) is 82.9 Å². The number of amides is 11. The van der Waals surface area contributed by atoms with E-state index in [2.05, 4.69) is 37.2 Å². The van der Waals surface area contributed by atoms with Gasteiger partial charge in [-0.25, -0.2) is 0 Å². The van der Waals surface area contributed by atoms with Crippen molar-refractivity contribution in [3.8, 4) is 5.75 Å². The molecule has 2 aromatic rings. The van der Waals surface area contributed by atoms with E-state index in [0.717, 1.165) is 27.2 Å². The van der Waals surface area contributed by atoms with Crippen molar-refractivity contribution in [1.29, 1.82) is 0 Å². The SMILES string of the molecule is CC[C@H](C)[C@@H]1NC(=O)[C@H](Cc2ccc(O)cc2)NC(=O)CCSSC[C@@H](C(=O)N2Cc3ccccc3C[C@H]2C(=O)N[C@@H](CC(C)C)C(=O)NCC(N)=O)NC(=O)[C@H](CC(N)=O)NC(=O)[C@H](CCC(N)=O)NC1=O. The fourth-order valence-electron chi connectivity index (χ4n) is 8.01. The van der Waals surface area contributed by atoms with Gasteiger partial charge in [0, 0.05) is 43.7 Å². The third-order valence-electron chi connectivity index (χ3n) is 12.1. The Balaban J connectivity index is 1.75. The van der Waals surface area contributed by atoms with Gasteiger partial charge in [0.05, 0.1) is 13.0 Å². The minimum atomic E-state index is -1.76. The standard InChI is InChI=1S/C48H67N11O12S2/c1-5-26(4)41-47(70)54-31(14-15-37(49)61)43(66)55-34(21-38(50)62)44(67)57-35(24-73-72-17-16-40(64)53-33(45(68)58-41)19-27-10-12-30(60)13-11-27)48(71)59-23-29-9-7-6-8-28(29)20-36(59)46(69)56-32(18-25(2)3)42(65)52-22-39(51)63/h6-13,25-26,31-36,41,60H,5,14-24H2,1-4H3,(H2,49,61)(H2,50,62)(H2,51,63)(H,52,65)(H,53,64)(H,54,70)(H,55,66)(H,56,69)(H,57,67)(H,58,68)/t26-,31-,32-,33-,34-,35-,36-,41-/m0/s1. The first kappa shape index (κ1) is 58.7. The second-order valence-corrected chi connectivity index (χ2v) is 21.0. The summed E-state index contributed by atoms with van der Waals surface area (Å²) in [6, 6.07) is 3.27. The summed E-state index contributed by atoms with van der Waals surface area (Å²) in [5.74, 6) is -9.90. The van der Waals surface area contributed by atoms with Gasteiger partial charge in [0.25, 0.3) is 0 Å². The number of carbonyl (C=O) groups excluding carboxylic acids is 11. The van der Waals surface area contributed by atoms with Gasteiger partial charge >= 0.3 is 0 Å². The summed E-state index contributed by atoms with van der Waals surface area (Å²) < 4.78 is 0. The van der Waals surface area contributed by atoms with E-state index in [4.69, 9.17) is 17.2 Å². The topological polar surface area (TPSA) is 374 Å². The van der Waals surface area contributed by atoms with Crippen LogP contribution in [0.3, 0.4) is 0 Å². The molecule has 73 heavy (non-hydrogen) atoms. The zero-order valence-electron chi connectivity index (χ0n) is 41.2. The molecule has 1 fully saturated rings. The summed E-state index contributed by atoms with van der Waals surface area (Å²) in [4.78, 5) is 150. The van der Waals surface area contributed by atoms with Crippen LogP contribution in [0, 0.1) is 11.8 Å². The lowest BCUT2D eigenvalue weighted by atomic mass is 9.92. The van der Waals surface area contributed by atoms with Crippen molar-refractivity contribution in [2.45, 2.75) is 128 Å². The van der Waals surface area contributed by atoms with Gasteiger partial charge in [-0.15, -0.1) is 0 Å². The molecule has 2 aliphatic heterocycles. The molecule has 2 heterocycles. The number of phenolic OH excluding ortho intramolecular Hbond substituents is 1. The number of carbonyl (C=O) groups is 11. The molecule has 23 nitrogen and oxygen atoms in total. The first-order valence-electron chi connectivity index (χ1n) is 23.9. The van der Waals surface area contributed by atoms with E-state index in [0.29, 0.717) is 17.5 Å². The molecule has 11 amide bonds. The first-order chi connectivity index (χ1) is 34.6. The lowest BCUT2D eigenvalue weighted by Gasteiger charge is -2.38. The molecule has 14 N–H and O–H groups in total. The number of rotatable bonds is 17. The second-order valence-electron chi connectivity index (χ2n) is 18.4. The smallest absolute Gasteiger partial charge is 0.247 e. The number of fused-ring (bicyclic) bond motifs is 1. The van der Waals surface area contributed by atoms with Crippen LogP contribution in [0.25, 0.3) is 0 Å². The van der Waals surface area contributed by atoms with Gasteiger partial charge < -0.3 is 64.4 Å². The van der Waals surface area contributed by atoms with E-state index in [1.165, 1.54) is 17.0 Å². The highest BCUT2D eigenvalue weighted by atomic mass is 33.1. The molecule has 398 valence electrons. The van der Waals surface area contributed by atoms with Gasteiger partial charge in [-0.2, -0.15) is 0 Å². The molecule has 1 saturated heterocycles. The van der Waals surface area contributed by atoms with Crippen molar-refractivity contribution in [2.75, 3.05) is 18.1 Å². The fourth-order valence-corrected chi connectivity index (χ4v) is 10.2. The molecule has 0 unspecified atom stereocenters. The Hall–Kier alpha value is -6.89. The molecule has 4 rings (SSSR count). The molecule has 0 aliphatic carbocycles. The number of nitrogens with zero attached hydrogens (tertiary/aromatic N) is 1. The summed E-state index contributed by atoms with van der Waals surface area (Å²) >= 11 is 0. The largest absolute Gasteiger partial charge is 0.508 e. The number of hydrogen-bond acceptors (Lipinski definition) is 14. The molecular formula is C48H67N11O12S2. The number of hydrogen-bond donors (Lipinski definition) is 11. The molecule has 8 atom stereocenters. The van der Waals surface area contributed by atoms with E-state index < -0.39 is 139 Å². The number of benzene rings is 2. The van der Waals surface area contributed by atoms with Crippen LogP contribution in [-0.4, -0.2) is 135 Å². The lowest BCUT2D eigenvalue weighted by Crippen LogP contribution is -2.62. The zero-order valence-corrected chi connectivity index (χ0v) is 42.9. The highest BCUT2D eigenvalue weighted by Gasteiger charge is 2.41. The number of phenols is 1. The number of nitrogens with two attached hydrogens (primary N) is 3. The van der Waals surface area contributed by atoms with Crippen LogP contribution in [-0.2, 0) is 72.1 Å². The Morgan fingerprint density at radius 3 is 2.04 bits per heavy atom. The number of nitrogens with one attached hydrogen (secondary N) is 7. The maximum Gasteiger partial charge on any atom is 0.247 e. The average molecular weight is 1050 g/mol. The average Bonchev–Trinajstić information content (AvgIpc) is 3.33. The molecule has 0 bridgehead atoms. The Morgan fingerprint density at radius 1 is 0.767 bits per heavy atom. The maximum atomic E-state index is 15.0. The molecule has 0 aromatic heterocycles. The minimum absolute atomic E-state index is 0.00879. The maximum absolute atomic E-state index is 15.0. The summed E-state index contributed by atoms with van der Waals surface area (Å²) in [5, 5.41) is 28.1. The van der Waals surface area contributed by atoms with Gasteiger partial charge in [0.15, 0.2) is 0 Å². The van der Waals surface area contributed by atoms with Crippen LogP contribution >= 0.6 is 21.6 Å². The number of aromatic hydroxyl groups is 1. The summed E-state index contributed by atoms with van der Waals surface area (Å²) in [6.07, 6.45) is -1.30. The Morgan fingerprint density at radius 2 is 1.41 bits per heavy atom. The predicted octanol–water partition coefficient (Wildman–Crippen LogP) is -1.58. The third kappa shape index (κ3) is 18.6. The van der Waals surface area contributed by atoms with Crippen molar-refractivity contribution in [2.24, 2.45) is 29.0 Å². The molecule has 0 spiro atoms. The highest BCUT2D eigenvalue weighted by Crippen LogP contribution is 2.28. The highest BCUT2D eigenvalue weighted by molar-refractivity contribution is 8.76. The van der Waals surface area contributed by atoms with Gasteiger partial charge in [0.1, 0.15) is 48.0 Å².